The Hall–Kier alpha value is -0.940. The zero-order valence-corrected chi connectivity index (χ0v) is 10.9. The molecule has 0 aliphatic carbocycles. The highest BCUT2D eigenvalue weighted by atomic mass is 32.1. The molecule has 1 unspecified atom stereocenters. The van der Waals surface area contributed by atoms with Crippen LogP contribution in [0.15, 0.2) is 11.6 Å². The fourth-order valence-corrected chi connectivity index (χ4v) is 2.32. The van der Waals surface area contributed by atoms with Crippen molar-refractivity contribution >= 4 is 17.3 Å². The lowest BCUT2D eigenvalue weighted by molar-refractivity contribution is -0.141. The van der Waals surface area contributed by atoms with E-state index in [1.807, 2.05) is 12.3 Å². The molecule has 0 aromatic carbocycles. The van der Waals surface area contributed by atoms with Gasteiger partial charge in [-0.1, -0.05) is 0 Å². The number of aromatic nitrogens is 1. The number of methoxy groups -OCH3 is 1. The lowest BCUT2D eigenvalue weighted by Gasteiger charge is -2.27. The van der Waals surface area contributed by atoms with E-state index in [9.17, 15) is 4.79 Å². The second-order valence-electron chi connectivity index (χ2n) is 4.29. The van der Waals surface area contributed by atoms with Crippen LogP contribution in [-0.4, -0.2) is 24.1 Å². The first-order chi connectivity index (χ1) is 7.45. The predicted molar refractivity (Wildman–Crippen MR) is 64.4 cm³/mol. The molecule has 0 saturated carbocycles. The lowest BCUT2D eigenvalue weighted by atomic mass is 10.0. The van der Waals surface area contributed by atoms with E-state index in [0.29, 0.717) is 6.42 Å². The van der Waals surface area contributed by atoms with Gasteiger partial charge >= 0.3 is 5.97 Å². The van der Waals surface area contributed by atoms with E-state index in [0.717, 1.165) is 5.01 Å². The summed E-state index contributed by atoms with van der Waals surface area (Å²) >= 11 is 1.61. The fraction of sp³-hybridized carbons (Fsp3) is 0.636. The number of hydrogen-bond acceptors (Lipinski definition) is 5. The number of carbonyl (C=O) groups excluding carboxylic acids is 1. The Morgan fingerprint density at radius 3 is 2.88 bits per heavy atom. The molecule has 0 aliphatic heterocycles. The quantitative estimate of drug-likeness (QED) is 0.801. The van der Waals surface area contributed by atoms with E-state index in [-0.39, 0.29) is 17.6 Å². The van der Waals surface area contributed by atoms with Crippen molar-refractivity contribution < 1.29 is 9.53 Å². The maximum Gasteiger partial charge on any atom is 0.307 e. The minimum absolute atomic E-state index is 0.0614. The summed E-state index contributed by atoms with van der Waals surface area (Å²) in [7, 11) is 1.40. The SMILES string of the molecule is COC(=O)CC(C)NC(C)(C)c1nccs1. The molecular formula is C11H18N2O2S. The third-order valence-corrected chi connectivity index (χ3v) is 3.37. The summed E-state index contributed by atoms with van der Waals surface area (Å²) in [5.41, 5.74) is -0.221. The molecule has 1 aromatic heterocycles. The number of carbonyl (C=O) groups is 1. The molecule has 0 aliphatic rings. The van der Waals surface area contributed by atoms with Crippen LogP contribution in [0.5, 0.6) is 0 Å². The maximum atomic E-state index is 11.1. The molecule has 0 radical (unpaired) electrons. The van der Waals surface area contributed by atoms with E-state index < -0.39 is 0 Å². The Morgan fingerprint density at radius 2 is 2.38 bits per heavy atom. The molecule has 0 fully saturated rings. The van der Waals surface area contributed by atoms with Crippen LogP contribution in [0.2, 0.25) is 0 Å². The van der Waals surface area contributed by atoms with Gasteiger partial charge in [0, 0.05) is 17.6 Å². The van der Waals surface area contributed by atoms with Crippen LogP contribution in [0, 0.1) is 0 Å². The largest absolute Gasteiger partial charge is 0.469 e. The first-order valence-corrected chi connectivity index (χ1v) is 6.08. The predicted octanol–water partition coefficient (Wildman–Crippen LogP) is 1.92. The van der Waals surface area contributed by atoms with Crippen molar-refractivity contribution in [3.05, 3.63) is 16.6 Å². The highest BCUT2D eigenvalue weighted by molar-refractivity contribution is 7.09. The second kappa shape index (κ2) is 5.41. The number of nitrogens with zero attached hydrogens (tertiary/aromatic N) is 1. The van der Waals surface area contributed by atoms with Crippen molar-refractivity contribution in [1.29, 1.82) is 0 Å². The van der Waals surface area contributed by atoms with Crippen molar-refractivity contribution in [1.82, 2.24) is 10.3 Å². The van der Waals surface area contributed by atoms with Gasteiger partial charge in [-0.3, -0.25) is 4.79 Å². The van der Waals surface area contributed by atoms with Crippen LogP contribution in [0.1, 0.15) is 32.2 Å². The highest BCUT2D eigenvalue weighted by Gasteiger charge is 2.25. The molecule has 16 heavy (non-hydrogen) atoms. The Morgan fingerprint density at radius 1 is 1.69 bits per heavy atom. The number of thiazole rings is 1. The minimum Gasteiger partial charge on any atom is -0.469 e. The van der Waals surface area contributed by atoms with Gasteiger partial charge in [0.15, 0.2) is 0 Å². The molecular weight excluding hydrogens is 224 g/mol. The summed E-state index contributed by atoms with van der Waals surface area (Å²) in [5.74, 6) is -0.199. The average molecular weight is 242 g/mol. The summed E-state index contributed by atoms with van der Waals surface area (Å²) in [5, 5.41) is 6.34. The van der Waals surface area contributed by atoms with Gasteiger partial charge in [0.1, 0.15) is 5.01 Å². The van der Waals surface area contributed by atoms with Crippen LogP contribution in [0.3, 0.4) is 0 Å². The van der Waals surface area contributed by atoms with Gasteiger partial charge in [0.2, 0.25) is 0 Å². The number of hydrogen-bond donors (Lipinski definition) is 1. The van der Waals surface area contributed by atoms with E-state index in [2.05, 4.69) is 28.9 Å². The van der Waals surface area contributed by atoms with Gasteiger partial charge in [-0.15, -0.1) is 11.3 Å². The van der Waals surface area contributed by atoms with E-state index >= 15 is 0 Å². The minimum atomic E-state index is -0.221. The molecule has 0 saturated heterocycles. The molecule has 1 heterocycles. The van der Waals surface area contributed by atoms with Crippen LogP contribution in [0.4, 0.5) is 0 Å². The average Bonchev–Trinajstić information content (AvgIpc) is 2.69. The molecule has 0 spiro atoms. The Labute approximate surface area is 100 Å². The molecule has 90 valence electrons. The number of nitrogens with one attached hydrogen (secondary N) is 1. The highest BCUT2D eigenvalue weighted by Crippen LogP contribution is 2.22. The topological polar surface area (TPSA) is 51.2 Å². The van der Waals surface area contributed by atoms with Gasteiger partial charge < -0.3 is 10.1 Å². The van der Waals surface area contributed by atoms with Gasteiger partial charge in [-0.25, -0.2) is 4.98 Å². The van der Waals surface area contributed by atoms with Gasteiger partial charge in [-0.05, 0) is 20.8 Å². The smallest absolute Gasteiger partial charge is 0.307 e. The summed E-state index contributed by atoms with van der Waals surface area (Å²) in [6, 6.07) is 0.0614. The molecule has 4 nitrogen and oxygen atoms in total. The van der Waals surface area contributed by atoms with Crippen LogP contribution >= 0.6 is 11.3 Å². The molecule has 0 bridgehead atoms. The second-order valence-corrected chi connectivity index (χ2v) is 5.18. The molecule has 1 rings (SSSR count). The van der Waals surface area contributed by atoms with Crippen LogP contribution in [0.25, 0.3) is 0 Å². The zero-order valence-electron chi connectivity index (χ0n) is 10.1. The maximum absolute atomic E-state index is 11.1. The molecule has 5 heteroatoms. The molecule has 0 amide bonds. The van der Waals surface area contributed by atoms with Gasteiger partial charge in [0.25, 0.3) is 0 Å². The monoisotopic (exact) mass is 242 g/mol. The summed E-state index contributed by atoms with van der Waals surface area (Å²) in [6.45, 7) is 6.07. The first kappa shape index (κ1) is 13.1. The van der Waals surface area contributed by atoms with Crippen LogP contribution < -0.4 is 5.32 Å². The molecule has 1 N–H and O–H groups in total. The van der Waals surface area contributed by atoms with E-state index in [1.165, 1.54) is 7.11 Å². The lowest BCUT2D eigenvalue weighted by Crippen LogP contribution is -2.43. The van der Waals surface area contributed by atoms with Crippen molar-refractivity contribution in [3.63, 3.8) is 0 Å². The Kier molecular flexibility index (Phi) is 4.44. The van der Waals surface area contributed by atoms with Crippen molar-refractivity contribution in [2.45, 2.75) is 38.8 Å². The van der Waals surface area contributed by atoms with Crippen molar-refractivity contribution in [3.8, 4) is 0 Å². The van der Waals surface area contributed by atoms with Crippen molar-refractivity contribution in [2.24, 2.45) is 0 Å². The van der Waals surface area contributed by atoms with E-state index in [4.69, 9.17) is 0 Å². The van der Waals surface area contributed by atoms with Crippen molar-refractivity contribution in [2.75, 3.05) is 7.11 Å². The first-order valence-electron chi connectivity index (χ1n) is 5.20. The van der Waals surface area contributed by atoms with Gasteiger partial charge in [0.05, 0.1) is 19.1 Å². The normalized spacial score (nSPS) is 13.5. The van der Waals surface area contributed by atoms with Crippen LogP contribution in [-0.2, 0) is 15.1 Å². The third-order valence-electron chi connectivity index (χ3n) is 2.27. The summed E-state index contributed by atoms with van der Waals surface area (Å²) < 4.78 is 4.63. The standard InChI is InChI=1S/C11H18N2O2S/c1-8(7-9(14)15-4)13-11(2,3)10-12-5-6-16-10/h5-6,8,13H,7H2,1-4H3. The number of esters is 1. The fourth-order valence-electron chi connectivity index (χ4n) is 1.59. The summed E-state index contributed by atoms with van der Waals surface area (Å²) in [4.78, 5) is 15.4. The number of rotatable bonds is 5. The van der Waals surface area contributed by atoms with Gasteiger partial charge in [-0.2, -0.15) is 0 Å². The zero-order chi connectivity index (χ0) is 12.2. The van der Waals surface area contributed by atoms with E-state index in [1.54, 1.807) is 17.5 Å². The third kappa shape index (κ3) is 3.57. The Bertz CT molecular complexity index is 336. The summed E-state index contributed by atoms with van der Waals surface area (Å²) in [6.07, 6.45) is 2.15. The Balaban J connectivity index is 2.56. The molecule has 1 aromatic rings. The molecule has 1 atom stereocenters. The number of ether oxygens (including phenoxy) is 1.